The summed E-state index contributed by atoms with van der Waals surface area (Å²) < 4.78 is 34.1. The van der Waals surface area contributed by atoms with E-state index in [1.54, 1.807) is 18.2 Å². The Bertz CT molecular complexity index is 1200. The summed E-state index contributed by atoms with van der Waals surface area (Å²) in [5.74, 6) is 0.129. The van der Waals surface area contributed by atoms with Gasteiger partial charge in [-0.05, 0) is 65.2 Å². The predicted molar refractivity (Wildman–Crippen MR) is 134 cm³/mol. The largest absolute Gasteiger partial charge is 0.496 e. The maximum atomic E-state index is 13.6. The molecular weight excluding hydrogens is 504 g/mol. The van der Waals surface area contributed by atoms with Gasteiger partial charge in [-0.25, -0.2) is 8.42 Å². The molecule has 0 unspecified atom stereocenters. The number of methoxy groups -OCH3 is 1. The van der Waals surface area contributed by atoms with Gasteiger partial charge >= 0.3 is 0 Å². The number of sulfonamides is 1. The van der Waals surface area contributed by atoms with Crippen LogP contribution in [0.3, 0.4) is 0 Å². The van der Waals surface area contributed by atoms with Crippen molar-refractivity contribution in [3.63, 3.8) is 0 Å². The zero-order valence-corrected chi connectivity index (χ0v) is 21.2. The first-order chi connectivity index (χ1) is 15.8. The minimum absolute atomic E-state index is 0.0543. The van der Waals surface area contributed by atoms with Gasteiger partial charge in [-0.15, -0.1) is 0 Å². The fourth-order valence-electron chi connectivity index (χ4n) is 3.44. The topological polar surface area (TPSA) is 75.7 Å². The number of aryl methyl sites for hydroxylation is 1. The number of benzene rings is 3. The van der Waals surface area contributed by atoms with E-state index in [0.29, 0.717) is 22.3 Å². The van der Waals surface area contributed by atoms with Crippen LogP contribution in [0.5, 0.6) is 5.75 Å². The lowest BCUT2D eigenvalue weighted by atomic mass is 10.0. The third-order valence-electron chi connectivity index (χ3n) is 5.27. The second-order valence-corrected chi connectivity index (χ2v) is 10.3. The molecule has 6 nitrogen and oxygen atoms in total. The smallest absolute Gasteiger partial charge is 0.264 e. The molecule has 1 atom stereocenters. The Morgan fingerprint density at radius 1 is 1.06 bits per heavy atom. The molecule has 3 aromatic carbocycles. The van der Waals surface area contributed by atoms with Crippen molar-refractivity contribution in [1.82, 2.24) is 5.32 Å². The van der Waals surface area contributed by atoms with Crippen molar-refractivity contribution in [2.24, 2.45) is 0 Å². The predicted octanol–water partition coefficient (Wildman–Crippen LogP) is 5.23. The molecule has 0 aliphatic heterocycles. The molecule has 0 aromatic heterocycles. The first-order valence-corrected chi connectivity index (χ1v) is 12.8. The van der Waals surface area contributed by atoms with Crippen molar-refractivity contribution in [2.45, 2.75) is 31.2 Å². The molecule has 33 heavy (non-hydrogen) atoms. The van der Waals surface area contributed by atoms with Gasteiger partial charge in [-0.2, -0.15) is 0 Å². The number of anilines is 1. The van der Waals surface area contributed by atoms with E-state index in [1.807, 2.05) is 56.3 Å². The van der Waals surface area contributed by atoms with E-state index in [0.717, 1.165) is 15.4 Å². The fraction of sp³-hybridized carbons (Fsp3) is 0.240. The van der Waals surface area contributed by atoms with Crippen molar-refractivity contribution in [3.8, 4) is 5.75 Å². The molecule has 0 aliphatic rings. The van der Waals surface area contributed by atoms with E-state index in [4.69, 9.17) is 4.74 Å². The lowest BCUT2D eigenvalue weighted by Crippen LogP contribution is -2.42. The second kappa shape index (κ2) is 10.9. The Kier molecular flexibility index (Phi) is 8.15. The van der Waals surface area contributed by atoms with Crippen LogP contribution in [-0.4, -0.2) is 28.0 Å². The van der Waals surface area contributed by atoms with E-state index in [2.05, 4.69) is 21.2 Å². The average molecular weight is 531 g/mol. The number of halogens is 1. The minimum atomic E-state index is -4.03. The summed E-state index contributed by atoms with van der Waals surface area (Å²) in [5, 5.41) is 2.97. The summed E-state index contributed by atoms with van der Waals surface area (Å²) >= 11 is 3.35. The summed E-state index contributed by atoms with van der Waals surface area (Å²) in [7, 11) is -2.52. The van der Waals surface area contributed by atoms with E-state index < -0.39 is 10.0 Å². The van der Waals surface area contributed by atoms with Crippen LogP contribution in [-0.2, 0) is 14.8 Å². The quantitative estimate of drug-likeness (QED) is 0.411. The maximum Gasteiger partial charge on any atom is 0.264 e. The molecule has 8 heteroatoms. The molecule has 0 bridgehead atoms. The molecule has 0 heterocycles. The Morgan fingerprint density at radius 2 is 1.73 bits per heavy atom. The highest BCUT2D eigenvalue weighted by molar-refractivity contribution is 9.10. The minimum Gasteiger partial charge on any atom is -0.496 e. The van der Waals surface area contributed by atoms with Gasteiger partial charge < -0.3 is 10.1 Å². The van der Waals surface area contributed by atoms with Crippen molar-refractivity contribution < 1.29 is 17.9 Å². The van der Waals surface area contributed by atoms with Crippen LogP contribution in [0.1, 0.15) is 30.5 Å². The monoisotopic (exact) mass is 530 g/mol. The fourth-order valence-corrected chi connectivity index (χ4v) is 5.58. The molecule has 0 aliphatic carbocycles. The standard InChI is InChI=1S/C25H27BrN2O4S/c1-4-23(19-8-6-5-7-9-19)27-25(29)17-28(20-12-10-18(2)11-13-20)33(30,31)21-14-15-24(32-3)22(26)16-21/h5-16,23H,4,17H2,1-3H3,(H,27,29)/t23-/m1/s1. The van der Waals surface area contributed by atoms with Gasteiger partial charge in [-0.3, -0.25) is 9.10 Å². The Morgan fingerprint density at radius 3 is 2.30 bits per heavy atom. The number of hydrogen-bond donors (Lipinski definition) is 1. The Balaban J connectivity index is 1.94. The number of hydrogen-bond acceptors (Lipinski definition) is 4. The summed E-state index contributed by atoms with van der Waals surface area (Å²) in [4.78, 5) is 13.1. The maximum absolute atomic E-state index is 13.6. The molecule has 0 saturated heterocycles. The molecule has 3 rings (SSSR count). The SMILES string of the molecule is CC[C@@H](NC(=O)CN(c1ccc(C)cc1)S(=O)(=O)c1ccc(OC)c(Br)c1)c1ccccc1. The first kappa shape index (κ1) is 24.8. The Hall–Kier alpha value is -2.84. The van der Waals surface area contributed by atoms with Crippen LogP contribution >= 0.6 is 15.9 Å². The second-order valence-electron chi connectivity index (χ2n) is 7.58. The molecule has 3 aromatic rings. The number of nitrogens with zero attached hydrogens (tertiary/aromatic N) is 1. The molecule has 174 valence electrons. The summed E-state index contributed by atoms with van der Waals surface area (Å²) in [5.41, 5.74) is 2.37. The van der Waals surface area contributed by atoms with Crippen molar-refractivity contribution >= 4 is 37.5 Å². The van der Waals surface area contributed by atoms with Crippen molar-refractivity contribution in [1.29, 1.82) is 0 Å². The van der Waals surface area contributed by atoms with Crippen LogP contribution in [0.4, 0.5) is 5.69 Å². The van der Waals surface area contributed by atoms with Crippen LogP contribution in [0, 0.1) is 6.92 Å². The number of ether oxygens (including phenoxy) is 1. The van der Waals surface area contributed by atoms with Gasteiger partial charge in [0.05, 0.1) is 28.2 Å². The van der Waals surface area contributed by atoms with Gasteiger partial charge in [0.2, 0.25) is 5.91 Å². The normalized spacial score (nSPS) is 12.1. The van der Waals surface area contributed by atoms with E-state index in [9.17, 15) is 13.2 Å². The summed E-state index contributed by atoms with van der Waals surface area (Å²) in [6.07, 6.45) is 0.679. The highest BCUT2D eigenvalue weighted by Gasteiger charge is 2.28. The lowest BCUT2D eigenvalue weighted by molar-refractivity contribution is -0.120. The van der Waals surface area contributed by atoms with Gasteiger partial charge in [-0.1, -0.05) is 55.0 Å². The van der Waals surface area contributed by atoms with Crippen molar-refractivity contribution in [3.05, 3.63) is 88.4 Å². The molecule has 0 spiro atoms. The Labute approximate surface area is 203 Å². The van der Waals surface area contributed by atoms with Gasteiger partial charge in [0.15, 0.2) is 0 Å². The summed E-state index contributed by atoms with van der Waals surface area (Å²) in [6.45, 7) is 3.54. The van der Waals surface area contributed by atoms with Crippen LogP contribution in [0.25, 0.3) is 0 Å². The number of nitrogens with one attached hydrogen (secondary N) is 1. The number of amides is 1. The molecule has 1 amide bonds. The molecular formula is C25H27BrN2O4S. The van der Waals surface area contributed by atoms with Crippen LogP contribution in [0.2, 0.25) is 0 Å². The molecule has 0 radical (unpaired) electrons. The molecule has 1 N–H and O–H groups in total. The van der Waals surface area contributed by atoms with Gasteiger partial charge in [0, 0.05) is 0 Å². The zero-order valence-electron chi connectivity index (χ0n) is 18.8. The van der Waals surface area contributed by atoms with Gasteiger partial charge in [0.25, 0.3) is 10.0 Å². The lowest BCUT2D eigenvalue weighted by Gasteiger charge is -2.26. The first-order valence-electron chi connectivity index (χ1n) is 10.5. The average Bonchev–Trinajstić information content (AvgIpc) is 2.82. The zero-order chi connectivity index (χ0) is 24.0. The summed E-state index contributed by atoms with van der Waals surface area (Å²) in [6, 6.07) is 21.0. The van der Waals surface area contributed by atoms with Crippen LogP contribution < -0.4 is 14.4 Å². The third kappa shape index (κ3) is 5.94. The van der Waals surface area contributed by atoms with Crippen LogP contribution in [0.15, 0.2) is 82.2 Å². The number of rotatable bonds is 9. The van der Waals surface area contributed by atoms with Gasteiger partial charge in [0.1, 0.15) is 12.3 Å². The molecule has 0 saturated carbocycles. The van der Waals surface area contributed by atoms with E-state index >= 15 is 0 Å². The highest BCUT2D eigenvalue weighted by Crippen LogP contribution is 2.31. The highest BCUT2D eigenvalue weighted by atomic mass is 79.9. The van der Waals surface area contributed by atoms with E-state index in [1.165, 1.54) is 19.2 Å². The van der Waals surface area contributed by atoms with Crippen molar-refractivity contribution in [2.75, 3.05) is 18.0 Å². The number of carbonyl (C=O) groups is 1. The number of carbonyl (C=O) groups excluding carboxylic acids is 1. The molecule has 0 fully saturated rings. The van der Waals surface area contributed by atoms with E-state index in [-0.39, 0.29) is 23.4 Å². The third-order valence-corrected chi connectivity index (χ3v) is 7.66.